The first-order valence-corrected chi connectivity index (χ1v) is 9.46. The lowest BCUT2D eigenvalue weighted by atomic mass is 10.1. The number of hydrogen-bond donors (Lipinski definition) is 1. The second-order valence-electron chi connectivity index (χ2n) is 5.78. The molecule has 0 bridgehead atoms. The molecule has 27 heavy (non-hydrogen) atoms. The van der Waals surface area contributed by atoms with Crippen molar-refractivity contribution in [2.24, 2.45) is 0 Å². The first-order valence-electron chi connectivity index (χ1n) is 8.67. The number of para-hydroxylation sites is 2. The van der Waals surface area contributed by atoms with Crippen LogP contribution in [0.4, 0.5) is 5.69 Å². The molecular weight excluding hydrogens is 406 g/mol. The second kappa shape index (κ2) is 9.24. The molecule has 3 aromatic carbocycles. The van der Waals surface area contributed by atoms with Crippen LogP contribution in [-0.4, -0.2) is 19.1 Å². The lowest BCUT2D eigenvalue weighted by Crippen LogP contribution is -2.20. The average molecular weight is 426 g/mol. The minimum absolute atomic E-state index is 0.0935. The van der Waals surface area contributed by atoms with Gasteiger partial charge in [-0.2, -0.15) is 0 Å². The molecule has 0 aliphatic carbocycles. The maximum atomic E-state index is 12.2. The molecular formula is C22H20BrNO3. The largest absolute Gasteiger partial charge is 0.492 e. The van der Waals surface area contributed by atoms with Crippen LogP contribution in [0.15, 0.2) is 77.3 Å². The minimum atomic E-state index is -0.249. The van der Waals surface area contributed by atoms with Gasteiger partial charge in [0.15, 0.2) is 6.61 Å². The first kappa shape index (κ1) is 19.0. The van der Waals surface area contributed by atoms with Gasteiger partial charge in [-0.3, -0.25) is 4.79 Å². The Hall–Kier alpha value is -2.79. The van der Waals surface area contributed by atoms with Gasteiger partial charge in [-0.1, -0.05) is 48.5 Å². The molecule has 1 N–H and O–H groups in total. The van der Waals surface area contributed by atoms with Crippen molar-refractivity contribution >= 4 is 27.5 Å². The van der Waals surface area contributed by atoms with Gasteiger partial charge < -0.3 is 14.8 Å². The van der Waals surface area contributed by atoms with Crippen molar-refractivity contribution in [3.8, 4) is 22.6 Å². The van der Waals surface area contributed by atoms with Crippen molar-refractivity contribution in [1.82, 2.24) is 0 Å². The van der Waals surface area contributed by atoms with Crippen LogP contribution in [0, 0.1) is 0 Å². The molecule has 0 fully saturated rings. The molecule has 0 aliphatic heterocycles. The van der Waals surface area contributed by atoms with Crippen LogP contribution in [0.1, 0.15) is 6.92 Å². The van der Waals surface area contributed by atoms with Gasteiger partial charge in [-0.15, -0.1) is 0 Å². The predicted molar refractivity (Wildman–Crippen MR) is 111 cm³/mol. The SMILES string of the molecule is CCOc1ccccc1NC(=O)COc1ccc(-c2ccccc2)cc1Br. The van der Waals surface area contributed by atoms with Crippen LogP contribution < -0.4 is 14.8 Å². The van der Waals surface area contributed by atoms with Crippen molar-refractivity contribution in [2.45, 2.75) is 6.92 Å². The van der Waals surface area contributed by atoms with E-state index in [-0.39, 0.29) is 12.5 Å². The van der Waals surface area contributed by atoms with Crippen molar-refractivity contribution in [2.75, 3.05) is 18.5 Å². The maximum Gasteiger partial charge on any atom is 0.262 e. The zero-order chi connectivity index (χ0) is 19.1. The number of amides is 1. The first-order chi connectivity index (χ1) is 13.2. The van der Waals surface area contributed by atoms with E-state index in [1.807, 2.05) is 73.7 Å². The summed E-state index contributed by atoms with van der Waals surface area (Å²) in [5, 5.41) is 2.82. The fourth-order valence-corrected chi connectivity index (χ4v) is 3.10. The molecule has 3 rings (SSSR count). The van der Waals surface area contributed by atoms with Crippen molar-refractivity contribution in [1.29, 1.82) is 0 Å². The summed E-state index contributed by atoms with van der Waals surface area (Å²) in [5.41, 5.74) is 2.83. The monoisotopic (exact) mass is 425 g/mol. The molecule has 1 amide bonds. The van der Waals surface area contributed by atoms with Crippen molar-refractivity contribution in [3.05, 3.63) is 77.3 Å². The van der Waals surface area contributed by atoms with E-state index in [0.29, 0.717) is 23.8 Å². The van der Waals surface area contributed by atoms with E-state index in [0.717, 1.165) is 15.6 Å². The van der Waals surface area contributed by atoms with Gasteiger partial charge in [-0.25, -0.2) is 0 Å². The van der Waals surface area contributed by atoms with E-state index in [1.54, 1.807) is 6.07 Å². The van der Waals surface area contributed by atoms with Gasteiger partial charge in [-0.05, 0) is 58.2 Å². The Morgan fingerprint density at radius 3 is 2.37 bits per heavy atom. The summed E-state index contributed by atoms with van der Waals surface area (Å²) in [6.07, 6.45) is 0. The number of nitrogens with one attached hydrogen (secondary N) is 1. The third-order valence-corrected chi connectivity index (χ3v) is 4.48. The van der Waals surface area contributed by atoms with Crippen LogP contribution in [0.3, 0.4) is 0 Å². The molecule has 0 saturated heterocycles. The number of hydrogen-bond acceptors (Lipinski definition) is 3. The Bertz CT molecular complexity index is 912. The Kier molecular flexibility index (Phi) is 6.49. The van der Waals surface area contributed by atoms with Gasteiger partial charge in [0.25, 0.3) is 5.91 Å². The fourth-order valence-electron chi connectivity index (χ4n) is 2.61. The Morgan fingerprint density at radius 1 is 0.889 bits per heavy atom. The van der Waals surface area contributed by atoms with E-state index in [4.69, 9.17) is 9.47 Å². The topological polar surface area (TPSA) is 47.6 Å². The average Bonchev–Trinajstić information content (AvgIpc) is 2.69. The highest BCUT2D eigenvalue weighted by Crippen LogP contribution is 2.31. The van der Waals surface area contributed by atoms with Gasteiger partial charge in [0.1, 0.15) is 11.5 Å². The van der Waals surface area contributed by atoms with Crippen LogP contribution >= 0.6 is 15.9 Å². The summed E-state index contributed by atoms with van der Waals surface area (Å²) in [4.78, 5) is 12.2. The summed E-state index contributed by atoms with van der Waals surface area (Å²) < 4.78 is 12.0. The van der Waals surface area contributed by atoms with Crippen molar-refractivity contribution in [3.63, 3.8) is 0 Å². The Labute approximate surface area is 167 Å². The molecule has 0 atom stereocenters. The molecule has 4 nitrogen and oxygen atoms in total. The molecule has 0 aromatic heterocycles. The lowest BCUT2D eigenvalue weighted by molar-refractivity contribution is -0.118. The number of benzene rings is 3. The van der Waals surface area contributed by atoms with E-state index in [9.17, 15) is 4.79 Å². The molecule has 138 valence electrons. The lowest BCUT2D eigenvalue weighted by Gasteiger charge is -2.13. The predicted octanol–water partition coefficient (Wildman–Crippen LogP) is 5.53. The third-order valence-electron chi connectivity index (χ3n) is 3.86. The highest BCUT2D eigenvalue weighted by molar-refractivity contribution is 9.10. The minimum Gasteiger partial charge on any atom is -0.492 e. The summed E-state index contributed by atoms with van der Waals surface area (Å²) >= 11 is 3.52. The summed E-state index contributed by atoms with van der Waals surface area (Å²) in [5.74, 6) is 1.01. The zero-order valence-corrected chi connectivity index (χ0v) is 16.5. The zero-order valence-electron chi connectivity index (χ0n) is 14.9. The number of ether oxygens (including phenoxy) is 2. The van der Waals surface area contributed by atoms with E-state index in [2.05, 4.69) is 21.2 Å². The smallest absolute Gasteiger partial charge is 0.262 e. The standard InChI is InChI=1S/C22H20BrNO3/c1-2-26-21-11-7-6-10-19(21)24-22(25)15-27-20-13-12-17(14-18(20)23)16-8-4-3-5-9-16/h3-14H,2,15H2,1H3,(H,24,25). The third kappa shape index (κ3) is 5.11. The quantitative estimate of drug-likeness (QED) is 0.540. The molecule has 0 radical (unpaired) electrons. The van der Waals surface area contributed by atoms with E-state index < -0.39 is 0 Å². The summed E-state index contributed by atoms with van der Waals surface area (Å²) in [7, 11) is 0. The normalized spacial score (nSPS) is 10.3. The molecule has 0 spiro atoms. The number of carbonyl (C=O) groups excluding carboxylic acids is 1. The van der Waals surface area contributed by atoms with Crippen LogP contribution in [0.25, 0.3) is 11.1 Å². The number of rotatable bonds is 7. The fraction of sp³-hybridized carbons (Fsp3) is 0.136. The van der Waals surface area contributed by atoms with Crippen molar-refractivity contribution < 1.29 is 14.3 Å². The summed E-state index contributed by atoms with van der Waals surface area (Å²) in [6, 6.07) is 23.2. The number of halogens is 1. The number of carbonyl (C=O) groups is 1. The van der Waals surface area contributed by atoms with Gasteiger partial charge in [0, 0.05) is 0 Å². The van der Waals surface area contributed by atoms with Crippen LogP contribution in [0.5, 0.6) is 11.5 Å². The van der Waals surface area contributed by atoms with Gasteiger partial charge in [0.05, 0.1) is 16.8 Å². The highest BCUT2D eigenvalue weighted by Gasteiger charge is 2.10. The maximum absolute atomic E-state index is 12.2. The molecule has 0 saturated carbocycles. The van der Waals surface area contributed by atoms with E-state index >= 15 is 0 Å². The Balaban J connectivity index is 1.62. The molecule has 0 heterocycles. The second-order valence-corrected chi connectivity index (χ2v) is 6.63. The molecule has 0 unspecified atom stereocenters. The van der Waals surface area contributed by atoms with Crippen LogP contribution in [0.2, 0.25) is 0 Å². The number of anilines is 1. The van der Waals surface area contributed by atoms with Gasteiger partial charge >= 0.3 is 0 Å². The van der Waals surface area contributed by atoms with Crippen LogP contribution in [-0.2, 0) is 4.79 Å². The molecule has 3 aromatic rings. The summed E-state index contributed by atoms with van der Waals surface area (Å²) in [6.45, 7) is 2.34. The molecule has 5 heteroatoms. The van der Waals surface area contributed by atoms with Gasteiger partial charge in [0.2, 0.25) is 0 Å². The van der Waals surface area contributed by atoms with E-state index in [1.165, 1.54) is 0 Å². The Morgan fingerprint density at radius 2 is 1.63 bits per heavy atom. The molecule has 0 aliphatic rings. The highest BCUT2D eigenvalue weighted by atomic mass is 79.9.